The van der Waals surface area contributed by atoms with E-state index >= 15 is 0 Å². The first-order chi connectivity index (χ1) is 7.79. The zero-order chi connectivity index (χ0) is 11.4. The van der Waals surface area contributed by atoms with Crippen molar-refractivity contribution in [3.8, 4) is 0 Å². The molecule has 0 aliphatic carbocycles. The van der Waals surface area contributed by atoms with Gasteiger partial charge in [-0.3, -0.25) is 4.68 Å². The molecular weight excluding hydrogens is 204 g/mol. The summed E-state index contributed by atoms with van der Waals surface area (Å²) in [6, 6.07) is 0.0265. The van der Waals surface area contributed by atoms with Crippen molar-refractivity contribution in [2.24, 2.45) is 11.7 Å². The zero-order valence-corrected chi connectivity index (χ0v) is 9.80. The molecule has 2 heterocycles. The van der Waals surface area contributed by atoms with Crippen molar-refractivity contribution in [3.05, 3.63) is 11.9 Å². The van der Waals surface area contributed by atoms with E-state index in [1.165, 1.54) is 0 Å². The molecule has 0 spiro atoms. The van der Waals surface area contributed by atoms with Crippen molar-refractivity contribution >= 4 is 0 Å². The van der Waals surface area contributed by atoms with Crippen LogP contribution in [0.25, 0.3) is 0 Å². The molecule has 0 aromatic carbocycles. The summed E-state index contributed by atoms with van der Waals surface area (Å²) in [5.41, 5.74) is 6.89. The third-order valence-corrected chi connectivity index (χ3v) is 3.01. The fourth-order valence-corrected chi connectivity index (χ4v) is 2.02. The van der Waals surface area contributed by atoms with Gasteiger partial charge in [0.1, 0.15) is 0 Å². The Labute approximate surface area is 96.0 Å². The van der Waals surface area contributed by atoms with Crippen LogP contribution in [0.4, 0.5) is 0 Å². The molecule has 2 N–H and O–H groups in total. The van der Waals surface area contributed by atoms with Crippen LogP contribution in [-0.4, -0.2) is 28.2 Å². The van der Waals surface area contributed by atoms with Gasteiger partial charge in [0, 0.05) is 19.1 Å². The van der Waals surface area contributed by atoms with Gasteiger partial charge in [-0.1, -0.05) is 18.6 Å². The molecule has 5 heteroatoms. The van der Waals surface area contributed by atoms with E-state index in [-0.39, 0.29) is 6.04 Å². The summed E-state index contributed by atoms with van der Waals surface area (Å²) in [4.78, 5) is 0. The summed E-state index contributed by atoms with van der Waals surface area (Å²) < 4.78 is 7.23. The Morgan fingerprint density at radius 1 is 1.69 bits per heavy atom. The highest BCUT2D eigenvalue weighted by Crippen LogP contribution is 2.16. The standard InChI is InChI=1S/C11H20N4O/c1-2-3-10(12)11-7-15(14-13-11)6-9-4-5-16-8-9/h7,9-10H,2-6,8,12H2,1H3. The number of ether oxygens (including phenoxy) is 1. The molecule has 1 aromatic rings. The Balaban J connectivity index is 1.90. The Morgan fingerprint density at radius 3 is 3.25 bits per heavy atom. The average molecular weight is 224 g/mol. The first-order valence-corrected chi connectivity index (χ1v) is 6.03. The van der Waals surface area contributed by atoms with Gasteiger partial charge in [0.25, 0.3) is 0 Å². The molecular formula is C11H20N4O. The molecule has 90 valence electrons. The Morgan fingerprint density at radius 2 is 2.56 bits per heavy atom. The summed E-state index contributed by atoms with van der Waals surface area (Å²) in [5, 5.41) is 8.24. The largest absolute Gasteiger partial charge is 0.381 e. The van der Waals surface area contributed by atoms with Crippen LogP contribution in [0.3, 0.4) is 0 Å². The lowest BCUT2D eigenvalue weighted by molar-refractivity contribution is 0.181. The van der Waals surface area contributed by atoms with Gasteiger partial charge in [0.2, 0.25) is 0 Å². The first-order valence-electron chi connectivity index (χ1n) is 6.03. The van der Waals surface area contributed by atoms with Crippen molar-refractivity contribution in [1.82, 2.24) is 15.0 Å². The summed E-state index contributed by atoms with van der Waals surface area (Å²) in [7, 11) is 0. The van der Waals surface area contributed by atoms with Crippen LogP contribution in [0.1, 0.15) is 37.9 Å². The number of nitrogens with zero attached hydrogens (tertiary/aromatic N) is 3. The zero-order valence-electron chi connectivity index (χ0n) is 9.80. The van der Waals surface area contributed by atoms with Crippen molar-refractivity contribution in [2.75, 3.05) is 13.2 Å². The van der Waals surface area contributed by atoms with Crippen molar-refractivity contribution in [3.63, 3.8) is 0 Å². The number of hydrogen-bond donors (Lipinski definition) is 1. The van der Waals surface area contributed by atoms with E-state index < -0.39 is 0 Å². The average Bonchev–Trinajstić information content (AvgIpc) is 2.90. The highest BCUT2D eigenvalue weighted by atomic mass is 16.5. The molecule has 1 aliphatic rings. The first kappa shape index (κ1) is 11.5. The third kappa shape index (κ3) is 2.80. The van der Waals surface area contributed by atoms with Crippen LogP contribution in [0.15, 0.2) is 6.20 Å². The second-order valence-electron chi connectivity index (χ2n) is 4.49. The summed E-state index contributed by atoms with van der Waals surface area (Å²) in [5.74, 6) is 0.581. The minimum Gasteiger partial charge on any atom is -0.381 e. The number of aromatic nitrogens is 3. The van der Waals surface area contributed by atoms with Gasteiger partial charge in [-0.05, 0) is 12.8 Å². The lowest BCUT2D eigenvalue weighted by Gasteiger charge is -2.06. The minimum atomic E-state index is 0.0265. The maximum absolute atomic E-state index is 5.99. The van der Waals surface area contributed by atoms with E-state index in [2.05, 4.69) is 17.2 Å². The topological polar surface area (TPSA) is 66.0 Å². The maximum Gasteiger partial charge on any atom is 0.0994 e. The molecule has 0 saturated carbocycles. The van der Waals surface area contributed by atoms with Crippen LogP contribution in [-0.2, 0) is 11.3 Å². The molecule has 0 bridgehead atoms. The molecule has 1 saturated heterocycles. The predicted octanol–water partition coefficient (Wildman–Crippen LogP) is 1.11. The van der Waals surface area contributed by atoms with Crippen LogP contribution in [0.5, 0.6) is 0 Å². The second kappa shape index (κ2) is 5.41. The number of hydrogen-bond acceptors (Lipinski definition) is 4. The van der Waals surface area contributed by atoms with Crippen LogP contribution in [0.2, 0.25) is 0 Å². The summed E-state index contributed by atoms with van der Waals surface area (Å²) in [6.45, 7) is 4.74. The maximum atomic E-state index is 5.99. The number of rotatable bonds is 5. The third-order valence-electron chi connectivity index (χ3n) is 3.01. The lowest BCUT2D eigenvalue weighted by atomic mass is 10.1. The van der Waals surface area contributed by atoms with Crippen molar-refractivity contribution in [2.45, 2.75) is 38.8 Å². The molecule has 2 unspecified atom stereocenters. The van der Waals surface area contributed by atoms with Crippen LogP contribution < -0.4 is 5.73 Å². The predicted molar refractivity (Wildman–Crippen MR) is 60.8 cm³/mol. The van der Waals surface area contributed by atoms with E-state index in [9.17, 15) is 0 Å². The molecule has 0 amide bonds. The van der Waals surface area contributed by atoms with E-state index in [1.54, 1.807) is 0 Å². The fourth-order valence-electron chi connectivity index (χ4n) is 2.02. The van der Waals surface area contributed by atoms with Gasteiger partial charge in [-0.2, -0.15) is 0 Å². The van der Waals surface area contributed by atoms with E-state index in [0.717, 1.165) is 44.7 Å². The monoisotopic (exact) mass is 224 g/mol. The van der Waals surface area contributed by atoms with Gasteiger partial charge in [0.15, 0.2) is 0 Å². The van der Waals surface area contributed by atoms with E-state index in [4.69, 9.17) is 10.5 Å². The molecule has 1 aliphatic heterocycles. The Kier molecular flexibility index (Phi) is 3.90. The normalized spacial score (nSPS) is 22.5. The van der Waals surface area contributed by atoms with Crippen LogP contribution in [0, 0.1) is 5.92 Å². The SMILES string of the molecule is CCCC(N)c1cn(CC2CCOC2)nn1. The smallest absolute Gasteiger partial charge is 0.0994 e. The highest BCUT2D eigenvalue weighted by Gasteiger charge is 2.17. The Hall–Kier alpha value is -0.940. The molecule has 2 atom stereocenters. The van der Waals surface area contributed by atoms with Gasteiger partial charge in [-0.15, -0.1) is 5.10 Å². The lowest BCUT2D eigenvalue weighted by Crippen LogP contribution is -2.11. The quantitative estimate of drug-likeness (QED) is 0.813. The van der Waals surface area contributed by atoms with Gasteiger partial charge in [-0.25, -0.2) is 0 Å². The molecule has 5 nitrogen and oxygen atoms in total. The van der Waals surface area contributed by atoms with Gasteiger partial charge >= 0.3 is 0 Å². The molecule has 1 aromatic heterocycles. The van der Waals surface area contributed by atoms with Crippen molar-refractivity contribution < 1.29 is 4.74 Å². The van der Waals surface area contributed by atoms with E-state index in [1.807, 2.05) is 10.9 Å². The molecule has 0 radical (unpaired) electrons. The summed E-state index contributed by atoms with van der Waals surface area (Å²) in [6.07, 6.45) is 5.13. The molecule has 16 heavy (non-hydrogen) atoms. The highest BCUT2D eigenvalue weighted by molar-refractivity contribution is 4.99. The van der Waals surface area contributed by atoms with E-state index in [0.29, 0.717) is 5.92 Å². The summed E-state index contributed by atoms with van der Waals surface area (Å²) >= 11 is 0. The minimum absolute atomic E-state index is 0.0265. The molecule has 2 rings (SSSR count). The fraction of sp³-hybridized carbons (Fsp3) is 0.818. The Bertz CT molecular complexity index is 320. The van der Waals surface area contributed by atoms with Crippen LogP contribution >= 0.6 is 0 Å². The van der Waals surface area contributed by atoms with Gasteiger partial charge < -0.3 is 10.5 Å². The number of nitrogens with two attached hydrogens (primary N) is 1. The van der Waals surface area contributed by atoms with Gasteiger partial charge in [0.05, 0.1) is 24.5 Å². The molecule has 1 fully saturated rings. The van der Waals surface area contributed by atoms with Crippen molar-refractivity contribution in [1.29, 1.82) is 0 Å². The second-order valence-corrected chi connectivity index (χ2v) is 4.49.